The predicted molar refractivity (Wildman–Crippen MR) is 53.4 cm³/mol. The number of aromatic nitrogens is 1. The Morgan fingerprint density at radius 3 is 2.77 bits per heavy atom. The molecule has 74 valence electrons. The highest BCUT2D eigenvalue weighted by Crippen LogP contribution is 2.07. The van der Waals surface area contributed by atoms with Gasteiger partial charge in [-0.05, 0) is 6.92 Å². The van der Waals surface area contributed by atoms with Gasteiger partial charge in [-0.15, -0.1) is 12.4 Å². The van der Waals surface area contributed by atoms with E-state index < -0.39 is 0 Å². The van der Waals surface area contributed by atoms with E-state index in [1.165, 1.54) is 6.07 Å². The molecule has 0 aromatic carbocycles. The van der Waals surface area contributed by atoms with Crippen molar-refractivity contribution in [2.24, 2.45) is 5.73 Å². The summed E-state index contributed by atoms with van der Waals surface area (Å²) >= 11 is 0. The Kier molecular flexibility index (Phi) is 4.51. The van der Waals surface area contributed by atoms with Gasteiger partial charge in [0.15, 0.2) is 5.75 Å². The first-order valence-electron chi connectivity index (χ1n) is 3.76. The van der Waals surface area contributed by atoms with Crippen LogP contribution in [-0.2, 0) is 6.54 Å². The molecular weight excluding hydrogens is 192 g/mol. The highest BCUT2D eigenvalue weighted by molar-refractivity contribution is 5.85. The topological polar surface area (TPSA) is 68.2 Å². The molecule has 0 spiro atoms. The van der Waals surface area contributed by atoms with E-state index >= 15 is 0 Å². The fourth-order valence-corrected chi connectivity index (χ4v) is 1.04. The van der Waals surface area contributed by atoms with E-state index in [4.69, 9.17) is 5.73 Å². The van der Waals surface area contributed by atoms with Gasteiger partial charge in [-0.1, -0.05) is 0 Å². The standard InChI is InChI=1S/C8H12N2O2.ClH/c1-6-8(12)7(11)2-4-10(6)5-3-9;/h2,4,12H,3,5,9H2,1H3;1H. The van der Waals surface area contributed by atoms with Gasteiger partial charge in [0, 0.05) is 25.4 Å². The Bertz CT molecular complexity index is 335. The lowest BCUT2D eigenvalue weighted by molar-refractivity contribution is 0.453. The minimum Gasteiger partial charge on any atom is -0.503 e. The van der Waals surface area contributed by atoms with Crippen LogP contribution in [0.25, 0.3) is 0 Å². The molecule has 4 nitrogen and oxygen atoms in total. The van der Waals surface area contributed by atoms with Crippen LogP contribution >= 0.6 is 12.4 Å². The van der Waals surface area contributed by atoms with Gasteiger partial charge in [0.05, 0.1) is 5.69 Å². The van der Waals surface area contributed by atoms with Crippen LogP contribution in [0.2, 0.25) is 0 Å². The molecule has 3 N–H and O–H groups in total. The fraction of sp³-hybridized carbons (Fsp3) is 0.375. The Balaban J connectivity index is 0.00000144. The first-order valence-corrected chi connectivity index (χ1v) is 3.76. The molecule has 0 amide bonds. The second-order valence-corrected chi connectivity index (χ2v) is 2.60. The van der Waals surface area contributed by atoms with Gasteiger partial charge in [-0.3, -0.25) is 4.79 Å². The summed E-state index contributed by atoms with van der Waals surface area (Å²) in [4.78, 5) is 10.9. The minimum absolute atomic E-state index is 0. The molecule has 0 atom stereocenters. The number of pyridine rings is 1. The summed E-state index contributed by atoms with van der Waals surface area (Å²) in [5.41, 5.74) is 5.55. The molecule has 1 aromatic rings. The van der Waals surface area contributed by atoms with Gasteiger partial charge in [0.1, 0.15) is 0 Å². The summed E-state index contributed by atoms with van der Waals surface area (Å²) in [6.45, 7) is 2.79. The van der Waals surface area contributed by atoms with Crippen molar-refractivity contribution in [1.29, 1.82) is 0 Å². The Hall–Kier alpha value is -1.00. The van der Waals surface area contributed by atoms with Crippen LogP contribution in [0.3, 0.4) is 0 Å². The zero-order valence-corrected chi connectivity index (χ0v) is 8.17. The summed E-state index contributed by atoms with van der Waals surface area (Å²) in [6, 6.07) is 1.33. The maximum absolute atomic E-state index is 10.9. The van der Waals surface area contributed by atoms with Crippen molar-refractivity contribution >= 4 is 12.4 Å². The van der Waals surface area contributed by atoms with E-state index in [1.807, 2.05) is 0 Å². The smallest absolute Gasteiger partial charge is 0.223 e. The average molecular weight is 205 g/mol. The number of rotatable bonds is 2. The molecule has 0 aliphatic carbocycles. The maximum Gasteiger partial charge on any atom is 0.223 e. The zero-order valence-electron chi connectivity index (χ0n) is 7.36. The third-order valence-electron chi connectivity index (χ3n) is 1.78. The van der Waals surface area contributed by atoms with E-state index in [9.17, 15) is 9.90 Å². The molecule has 0 radical (unpaired) electrons. The van der Waals surface area contributed by atoms with Crippen LogP contribution in [0.1, 0.15) is 5.69 Å². The number of nitrogens with zero attached hydrogens (tertiary/aromatic N) is 1. The van der Waals surface area contributed by atoms with E-state index in [0.29, 0.717) is 18.8 Å². The molecule has 0 saturated heterocycles. The van der Waals surface area contributed by atoms with Crippen molar-refractivity contribution in [1.82, 2.24) is 4.57 Å². The highest BCUT2D eigenvalue weighted by atomic mass is 35.5. The van der Waals surface area contributed by atoms with Gasteiger partial charge in [0.25, 0.3) is 0 Å². The van der Waals surface area contributed by atoms with Crippen molar-refractivity contribution in [2.45, 2.75) is 13.5 Å². The van der Waals surface area contributed by atoms with Crippen molar-refractivity contribution in [3.8, 4) is 5.75 Å². The largest absolute Gasteiger partial charge is 0.503 e. The van der Waals surface area contributed by atoms with Gasteiger partial charge < -0.3 is 15.4 Å². The number of nitrogens with two attached hydrogens (primary N) is 1. The molecule has 13 heavy (non-hydrogen) atoms. The average Bonchev–Trinajstić information content (AvgIpc) is 2.07. The van der Waals surface area contributed by atoms with Crippen molar-refractivity contribution in [2.75, 3.05) is 6.54 Å². The monoisotopic (exact) mass is 204 g/mol. The molecule has 0 bridgehead atoms. The lowest BCUT2D eigenvalue weighted by Crippen LogP contribution is -2.15. The number of aromatic hydroxyl groups is 1. The molecule has 5 heteroatoms. The number of halogens is 1. The fourth-order valence-electron chi connectivity index (χ4n) is 1.04. The lowest BCUT2D eigenvalue weighted by Gasteiger charge is -2.09. The second-order valence-electron chi connectivity index (χ2n) is 2.60. The molecule has 1 heterocycles. The molecule has 0 aliphatic heterocycles. The van der Waals surface area contributed by atoms with Gasteiger partial charge in [-0.2, -0.15) is 0 Å². The van der Waals surface area contributed by atoms with E-state index in [2.05, 4.69) is 0 Å². The van der Waals surface area contributed by atoms with Crippen LogP contribution < -0.4 is 11.2 Å². The summed E-state index contributed by atoms with van der Waals surface area (Å²) in [7, 11) is 0. The maximum atomic E-state index is 10.9. The molecule has 0 unspecified atom stereocenters. The summed E-state index contributed by atoms with van der Waals surface area (Å²) < 4.78 is 1.75. The summed E-state index contributed by atoms with van der Waals surface area (Å²) in [5, 5.41) is 9.24. The summed E-state index contributed by atoms with van der Waals surface area (Å²) in [5.74, 6) is -0.189. The molecule has 0 fully saturated rings. The van der Waals surface area contributed by atoms with Crippen LogP contribution in [0.4, 0.5) is 0 Å². The molecule has 1 aromatic heterocycles. The van der Waals surface area contributed by atoms with Crippen molar-refractivity contribution < 1.29 is 5.11 Å². The first kappa shape index (κ1) is 12.0. The Morgan fingerprint density at radius 2 is 2.23 bits per heavy atom. The van der Waals surface area contributed by atoms with Gasteiger partial charge in [0.2, 0.25) is 5.43 Å². The number of hydrogen-bond acceptors (Lipinski definition) is 3. The molecular formula is C8H13ClN2O2. The van der Waals surface area contributed by atoms with Crippen LogP contribution in [0.5, 0.6) is 5.75 Å². The SMILES string of the molecule is Cc1c(O)c(=O)ccn1CCN.Cl. The Labute approximate surface area is 82.4 Å². The zero-order chi connectivity index (χ0) is 9.14. The lowest BCUT2D eigenvalue weighted by atomic mass is 10.3. The normalized spacial score (nSPS) is 9.38. The van der Waals surface area contributed by atoms with E-state index in [0.717, 1.165) is 0 Å². The Morgan fingerprint density at radius 1 is 1.62 bits per heavy atom. The first-order chi connectivity index (χ1) is 5.66. The minimum atomic E-state index is -0.347. The molecule has 0 aliphatic rings. The van der Waals surface area contributed by atoms with Gasteiger partial charge >= 0.3 is 0 Å². The van der Waals surface area contributed by atoms with Crippen LogP contribution in [-0.4, -0.2) is 16.2 Å². The highest BCUT2D eigenvalue weighted by Gasteiger charge is 2.03. The third-order valence-corrected chi connectivity index (χ3v) is 1.78. The van der Waals surface area contributed by atoms with Crippen molar-refractivity contribution in [3.63, 3.8) is 0 Å². The molecule has 1 rings (SSSR count). The van der Waals surface area contributed by atoms with Crippen molar-refractivity contribution in [3.05, 3.63) is 28.2 Å². The van der Waals surface area contributed by atoms with E-state index in [1.54, 1.807) is 17.7 Å². The summed E-state index contributed by atoms with van der Waals surface area (Å²) in [6.07, 6.45) is 1.63. The second kappa shape index (κ2) is 4.89. The van der Waals surface area contributed by atoms with Crippen LogP contribution in [0, 0.1) is 6.92 Å². The predicted octanol–water partition coefficient (Wildman–Crippen LogP) is 0.243. The molecule has 0 saturated carbocycles. The van der Waals surface area contributed by atoms with Crippen LogP contribution in [0.15, 0.2) is 17.1 Å². The number of hydrogen-bond donors (Lipinski definition) is 2. The van der Waals surface area contributed by atoms with E-state index in [-0.39, 0.29) is 23.6 Å². The third kappa shape index (κ3) is 2.47. The van der Waals surface area contributed by atoms with Gasteiger partial charge in [-0.25, -0.2) is 0 Å². The quantitative estimate of drug-likeness (QED) is 0.726.